The zero-order valence-electron chi connectivity index (χ0n) is 20.4. The van der Waals surface area contributed by atoms with E-state index in [1.54, 1.807) is 0 Å². The second kappa shape index (κ2) is 8.31. The van der Waals surface area contributed by atoms with Crippen molar-refractivity contribution in [3.63, 3.8) is 0 Å². The van der Waals surface area contributed by atoms with Gasteiger partial charge in [0.25, 0.3) is 0 Å². The van der Waals surface area contributed by atoms with E-state index in [4.69, 9.17) is 19.0 Å². The molecule has 1 unspecified atom stereocenters. The van der Waals surface area contributed by atoms with Crippen LogP contribution in [0.15, 0.2) is 91.1 Å². The van der Waals surface area contributed by atoms with Gasteiger partial charge in [-0.1, -0.05) is 60.7 Å². The number of fused-ring (bicyclic) bond motifs is 2. The number of nitrogens with zero attached hydrogens (tertiary/aromatic N) is 1. The van der Waals surface area contributed by atoms with Gasteiger partial charge in [-0.3, -0.25) is 4.98 Å². The monoisotopic (exact) mass is 479 g/mol. The first-order valence-corrected chi connectivity index (χ1v) is 13.2. The Balaban J connectivity index is 1.36. The molecular weight excluding hydrogens is 452 g/mol. The molecule has 6 rings (SSSR count). The van der Waals surface area contributed by atoms with Crippen LogP contribution in [-0.4, -0.2) is 23.3 Å². The first kappa shape index (κ1) is 22.5. The molecule has 0 radical (unpaired) electrons. The summed E-state index contributed by atoms with van der Waals surface area (Å²) in [7, 11) is -1.19. The molecule has 3 heterocycles. The summed E-state index contributed by atoms with van der Waals surface area (Å²) in [5.74, 6) is 1.86. The van der Waals surface area contributed by atoms with Crippen LogP contribution in [-0.2, 0) is 9.31 Å². The third kappa shape index (κ3) is 3.88. The molecule has 0 N–H and O–H groups in total. The molecule has 1 atom stereocenters. The lowest BCUT2D eigenvalue weighted by atomic mass is 9.84. The van der Waals surface area contributed by atoms with Gasteiger partial charge >= 0.3 is 7.12 Å². The van der Waals surface area contributed by atoms with Gasteiger partial charge in [-0.25, -0.2) is 0 Å². The smallest absolute Gasteiger partial charge is 0.456 e. The summed E-state index contributed by atoms with van der Waals surface area (Å²) in [6, 6.07) is 29.6. The molecule has 2 aliphatic rings. The van der Waals surface area contributed by atoms with Gasteiger partial charge in [0.2, 0.25) is 0 Å². The SMILES string of the molecule is CC1(C)OB(c2ccc(-c3ccc4c(c3)P(c3ccccc3)c3ccccc3O4)cn2)OC1(C)C. The van der Waals surface area contributed by atoms with Crippen molar-refractivity contribution in [3.8, 4) is 22.6 Å². The first-order valence-electron chi connectivity index (χ1n) is 11.9. The minimum Gasteiger partial charge on any atom is -0.456 e. The average molecular weight is 479 g/mol. The third-order valence-electron chi connectivity index (χ3n) is 7.15. The van der Waals surface area contributed by atoms with Crippen molar-refractivity contribution in [1.29, 1.82) is 0 Å². The normalized spacial score (nSPS) is 19.5. The van der Waals surface area contributed by atoms with Crippen LogP contribution >= 0.6 is 7.92 Å². The Morgan fingerprint density at radius 1 is 0.686 bits per heavy atom. The van der Waals surface area contributed by atoms with Gasteiger partial charge in [-0.2, -0.15) is 0 Å². The van der Waals surface area contributed by atoms with Crippen LogP contribution in [0, 0.1) is 0 Å². The average Bonchev–Trinajstić information content (AvgIpc) is 3.09. The maximum absolute atomic E-state index is 6.31. The van der Waals surface area contributed by atoms with Crippen LogP contribution in [0.4, 0.5) is 0 Å². The quantitative estimate of drug-likeness (QED) is 0.273. The standard InChI is InChI=1S/C29H27BNO3P/c1-28(2)29(3,4)34-30(33-28)27-17-15-21(19-31-27)20-14-16-24-26(18-20)35(22-10-6-5-7-11-22)25-13-9-8-12-23(25)32-24/h5-19H,1-4H3. The van der Waals surface area contributed by atoms with Gasteiger partial charge < -0.3 is 14.0 Å². The van der Waals surface area contributed by atoms with Crippen LogP contribution < -0.4 is 26.2 Å². The zero-order valence-corrected chi connectivity index (χ0v) is 21.3. The van der Waals surface area contributed by atoms with Crippen LogP contribution in [0.3, 0.4) is 0 Å². The lowest BCUT2D eigenvalue weighted by Crippen LogP contribution is -2.41. The summed E-state index contributed by atoms with van der Waals surface area (Å²) in [5.41, 5.74) is 2.18. The molecule has 1 fully saturated rings. The Hall–Kier alpha value is -2.98. The van der Waals surface area contributed by atoms with Crippen LogP contribution in [0.2, 0.25) is 0 Å². The topological polar surface area (TPSA) is 40.6 Å². The van der Waals surface area contributed by atoms with Crippen molar-refractivity contribution in [3.05, 3.63) is 91.1 Å². The molecule has 0 amide bonds. The van der Waals surface area contributed by atoms with Crippen molar-refractivity contribution >= 4 is 36.5 Å². The minimum absolute atomic E-state index is 0.387. The minimum atomic E-state index is -0.726. The van der Waals surface area contributed by atoms with Gasteiger partial charge in [0.15, 0.2) is 0 Å². The van der Waals surface area contributed by atoms with Crippen molar-refractivity contribution < 1.29 is 14.0 Å². The second-order valence-corrected chi connectivity index (χ2v) is 12.1. The van der Waals surface area contributed by atoms with Crippen LogP contribution in [0.5, 0.6) is 11.5 Å². The fraction of sp³-hybridized carbons (Fsp3) is 0.207. The molecule has 0 bridgehead atoms. The Labute approximate surface area is 208 Å². The Morgan fingerprint density at radius 2 is 1.34 bits per heavy atom. The number of pyridine rings is 1. The van der Waals surface area contributed by atoms with Gasteiger partial charge in [0.05, 0.1) is 16.8 Å². The molecule has 174 valence electrons. The van der Waals surface area contributed by atoms with E-state index in [1.807, 2.05) is 18.3 Å². The van der Waals surface area contributed by atoms with E-state index in [9.17, 15) is 0 Å². The van der Waals surface area contributed by atoms with E-state index in [0.29, 0.717) is 0 Å². The highest BCUT2D eigenvalue weighted by molar-refractivity contribution is 7.80. The molecular formula is C29H27BNO3P. The van der Waals surface area contributed by atoms with E-state index < -0.39 is 15.0 Å². The van der Waals surface area contributed by atoms with Gasteiger partial charge in [0.1, 0.15) is 11.5 Å². The molecule has 0 aliphatic carbocycles. The highest BCUT2D eigenvalue weighted by Crippen LogP contribution is 2.45. The molecule has 1 saturated heterocycles. The molecule has 2 aliphatic heterocycles. The Kier molecular flexibility index (Phi) is 5.34. The maximum atomic E-state index is 6.31. The lowest BCUT2D eigenvalue weighted by Gasteiger charge is -2.32. The third-order valence-corrected chi connectivity index (χ3v) is 9.65. The Morgan fingerprint density at radius 3 is 2.06 bits per heavy atom. The summed E-state index contributed by atoms with van der Waals surface area (Å²) in [5, 5.41) is 3.77. The van der Waals surface area contributed by atoms with Crippen LogP contribution in [0.1, 0.15) is 27.7 Å². The summed E-state index contributed by atoms with van der Waals surface area (Å²) in [4.78, 5) is 4.72. The second-order valence-electron chi connectivity index (χ2n) is 9.98. The van der Waals surface area contributed by atoms with E-state index in [0.717, 1.165) is 28.2 Å². The molecule has 35 heavy (non-hydrogen) atoms. The number of hydrogen-bond donors (Lipinski definition) is 0. The predicted octanol–water partition coefficient (Wildman–Crippen LogP) is 4.91. The molecule has 0 saturated carbocycles. The molecule has 3 aromatic carbocycles. The van der Waals surface area contributed by atoms with Gasteiger partial charge in [-0.15, -0.1) is 0 Å². The Bertz CT molecular complexity index is 1370. The summed E-state index contributed by atoms with van der Waals surface area (Å²) < 4.78 is 18.6. The summed E-state index contributed by atoms with van der Waals surface area (Å²) >= 11 is 0. The van der Waals surface area contributed by atoms with Crippen molar-refractivity contribution in [2.75, 3.05) is 0 Å². The van der Waals surface area contributed by atoms with Crippen LogP contribution in [0.25, 0.3) is 11.1 Å². The van der Waals surface area contributed by atoms with E-state index >= 15 is 0 Å². The first-order chi connectivity index (χ1) is 16.8. The number of ether oxygens (including phenoxy) is 1. The number of aromatic nitrogens is 1. The number of rotatable bonds is 3. The molecule has 1 aromatic heterocycles. The highest BCUT2D eigenvalue weighted by atomic mass is 31.1. The van der Waals surface area contributed by atoms with Gasteiger partial charge in [0, 0.05) is 16.8 Å². The fourth-order valence-corrected chi connectivity index (χ4v) is 6.94. The number of benzene rings is 3. The van der Waals surface area contributed by atoms with E-state index in [1.165, 1.54) is 15.9 Å². The van der Waals surface area contributed by atoms with Crippen molar-refractivity contribution in [2.45, 2.75) is 38.9 Å². The maximum Gasteiger partial charge on any atom is 0.514 e. The van der Waals surface area contributed by atoms with Crippen molar-refractivity contribution in [1.82, 2.24) is 4.98 Å². The largest absolute Gasteiger partial charge is 0.514 e. The zero-order chi connectivity index (χ0) is 24.2. The molecule has 4 aromatic rings. The van der Waals surface area contributed by atoms with Gasteiger partial charge in [-0.05, 0) is 76.3 Å². The summed E-state index contributed by atoms with van der Waals surface area (Å²) in [6.45, 7) is 8.22. The fourth-order valence-electron chi connectivity index (χ4n) is 4.47. The highest BCUT2D eigenvalue weighted by Gasteiger charge is 2.52. The summed E-state index contributed by atoms with van der Waals surface area (Å²) in [6.07, 6.45) is 1.91. The molecule has 6 heteroatoms. The van der Waals surface area contributed by atoms with E-state index in [2.05, 4.69) is 100 Å². The lowest BCUT2D eigenvalue weighted by molar-refractivity contribution is 0.00578. The number of hydrogen-bond acceptors (Lipinski definition) is 4. The van der Waals surface area contributed by atoms with E-state index in [-0.39, 0.29) is 11.2 Å². The predicted molar refractivity (Wildman–Crippen MR) is 144 cm³/mol. The molecule has 4 nitrogen and oxygen atoms in total. The number of para-hydroxylation sites is 1. The van der Waals surface area contributed by atoms with Crippen molar-refractivity contribution in [2.24, 2.45) is 0 Å². The molecule has 0 spiro atoms.